The standard InChI is InChI=1S/C14H18N4OS/c1-11(20-13-16-8-5-9-17-13)12(19)18-14(10-15)6-3-2-4-7-14/h5,8-9,11H,2-4,6-7H2,1H3,(H,18,19)/t11-/m0/s1. The number of carbonyl (C=O) groups is 1. The highest BCUT2D eigenvalue weighted by Gasteiger charge is 2.34. The number of amides is 1. The third kappa shape index (κ3) is 3.70. The highest BCUT2D eigenvalue weighted by molar-refractivity contribution is 8.00. The zero-order valence-electron chi connectivity index (χ0n) is 11.5. The van der Waals surface area contributed by atoms with Gasteiger partial charge in [-0.3, -0.25) is 4.79 Å². The van der Waals surface area contributed by atoms with Crippen LogP contribution in [0.25, 0.3) is 0 Å². The van der Waals surface area contributed by atoms with Crippen molar-refractivity contribution < 1.29 is 4.79 Å². The quantitative estimate of drug-likeness (QED) is 0.680. The SMILES string of the molecule is C[C@H](Sc1ncccn1)C(=O)NC1(C#N)CCCCC1. The summed E-state index contributed by atoms with van der Waals surface area (Å²) in [6.07, 6.45) is 7.93. The predicted molar refractivity (Wildman–Crippen MR) is 76.9 cm³/mol. The molecular weight excluding hydrogens is 272 g/mol. The van der Waals surface area contributed by atoms with Crippen LogP contribution in [0.4, 0.5) is 0 Å². The number of thioether (sulfide) groups is 1. The molecule has 0 spiro atoms. The lowest BCUT2D eigenvalue weighted by atomic mass is 9.83. The number of nitrogens with one attached hydrogen (secondary N) is 1. The highest BCUT2D eigenvalue weighted by Crippen LogP contribution is 2.28. The van der Waals surface area contributed by atoms with E-state index in [0.717, 1.165) is 32.1 Å². The Morgan fingerprint density at radius 3 is 2.65 bits per heavy atom. The number of aromatic nitrogens is 2. The van der Waals surface area contributed by atoms with E-state index in [1.165, 1.54) is 11.8 Å². The molecule has 1 aliphatic carbocycles. The van der Waals surface area contributed by atoms with Crippen LogP contribution in [0.3, 0.4) is 0 Å². The Labute approximate surface area is 123 Å². The first-order chi connectivity index (χ1) is 9.65. The zero-order chi connectivity index (χ0) is 14.4. The van der Waals surface area contributed by atoms with Crippen LogP contribution in [0.5, 0.6) is 0 Å². The van der Waals surface area contributed by atoms with Crippen molar-refractivity contribution in [3.63, 3.8) is 0 Å². The summed E-state index contributed by atoms with van der Waals surface area (Å²) in [6.45, 7) is 1.81. The van der Waals surface area contributed by atoms with Gasteiger partial charge in [0, 0.05) is 12.4 Å². The molecule has 6 heteroatoms. The fourth-order valence-corrected chi connectivity index (χ4v) is 3.04. The fourth-order valence-electron chi connectivity index (χ4n) is 2.32. The summed E-state index contributed by atoms with van der Waals surface area (Å²) in [4.78, 5) is 20.4. The molecule has 1 heterocycles. The molecule has 0 saturated heterocycles. The molecule has 1 aliphatic rings. The number of nitriles is 1. The highest BCUT2D eigenvalue weighted by atomic mass is 32.2. The van der Waals surface area contributed by atoms with E-state index in [4.69, 9.17) is 0 Å². The van der Waals surface area contributed by atoms with Crippen LogP contribution in [-0.4, -0.2) is 26.7 Å². The van der Waals surface area contributed by atoms with Gasteiger partial charge in [0.1, 0.15) is 5.54 Å². The van der Waals surface area contributed by atoms with Crippen molar-refractivity contribution in [2.24, 2.45) is 0 Å². The van der Waals surface area contributed by atoms with Gasteiger partial charge in [0.05, 0.1) is 11.3 Å². The van der Waals surface area contributed by atoms with Crippen LogP contribution in [0, 0.1) is 11.3 Å². The third-order valence-corrected chi connectivity index (χ3v) is 4.47. The predicted octanol–water partition coefficient (Wildman–Crippen LogP) is 2.30. The average Bonchev–Trinajstić information content (AvgIpc) is 2.49. The van der Waals surface area contributed by atoms with Gasteiger partial charge in [0.25, 0.3) is 0 Å². The fraction of sp³-hybridized carbons (Fsp3) is 0.571. The molecule has 0 radical (unpaired) electrons. The molecule has 0 aliphatic heterocycles. The van der Waals surface area contributed by atoms with Crippen molar-refractivity contribution >= 4 is 17.7 Å². The Morgan fingerprint density at radius 2 is 2.05 bits per heavy atom. The van der Waals surface area contributed by atoms with E-state index in [2.05, 4.69) is 21.4 Å². The smallest absolute Gasteiger partial charge is 0.234 e. The average molecular weight is 290 g/mol. The molecular formula is C14H18N4OS. The number of hydrogen-bond acceptors (Lipinski definition) is 5. The lowest BCUT2D eigenvalue weighted by molar-refractivity contribution is -0.121. The minimum atomic E-state index is -0.679. The third-order valence-electron chi connectivity index (χ3n) is 3.48. The van der Waals surface area contributed by atoms with E-state index in [1.54, 1.807) is 18.5 Å². The Hall–Kier alpha value is -1.61. The monoisotopic (exact) mass is 290 g/mol. The molecule has 2 rings (SSSR count). The Bertz CT molecular complexity index is 494. The summed E-state index contributed by atoms with van der Waals surface area (Å²) in [5, 5.41) is 12.6. The van der Waals surface area contributed by atoms with Gasteiger partial charge in [-0.2, -0.15) is 5.26 Å². The molecule has 20 heavy (non-hydrogen) atoms. The molecule has 1 N–H and O–H groups in total. The number of nitrogens with zero attached hydrogens (tertiary/aromatic N) is 3. The Balaban J connectivity index is 1.95. The lowest BCUT2D eigenvalue weighted by Crippen LogP contribution is -2.50. The largest absolute Gasteiger partial charge is 0.337 e. The molecule has 1 fully saturated rings. The maximum absolute atomic E-state index is 12.2. The van der Waals surface area contributed by atoms with Crippen molar-refractivity contribution in [3.05, 3.63) is 18.5 Å². The Kier molecular flexibility index (Phi) is 4.96. The van der Waals surface area contributed by atoms with Gasteiger partial charge in [-0.25, -0.2) is 9.97 Å². The van der Waals surface area contributed by atoms with Crippen LogP contribution in [-0.2, 0) is 4.79 Å². The number of hydrogen-bond donors (Lipinski definition) is 1. The van der Waals surface area contributed by atoms with Gasteiger partial charge in [-0.05, 0) is 25.8 Å². The summed E-state index contributed by atoms with van der Waals surface area (Å²) >= 11 is 1.31. The maximum Gasteiger partial charge on any atom is 0.234 e. The molecule has 1 saturated carbocycles. The van der Waals surface area contributed by atoms with Gasteiger partial charge in [0.2, 0.25) is 5.91 Å². The normalized spacial score (nSPS) is 18.8. The van der Waals surface area contributed by atoms with Crippen molar-refractivity contribution in [1.82, 2.24) is 15.3 Å². The molecule has 1 aromatic rings. The van der Waals surface area contributed by atoms with E-state index in [-0.39, 0.29) is 11.2 Å². The van der Waals surface area contributed by atoms with Gasteiger partial charge >= 0.3 is 0 Å². The van der Waals surface area contributed by atoms with Crippen LogP contribution in [0.2, 0.25) is 0 Å². The second-order valence-electron chi connectivity index (χ2n) is 5.04. The minimum Gasteiger partial charge on any atom is -0.337 e. The van der Waals surface area contributed by atoms with Gasteiger partial charge in [0.15, 0.2) is 5.16 Å². The maximum atomic E-state index is 12.2. The lowest BCUT2D eigenvalue weighted by Gasteiger charge is -2.32. The van der Waals surface area contributed by atoms with E-state index >= 15 is 0 Å². The molecule has 106 valence electrons. The van der Waals surface area contributed by atoms with Crippen LogP contribution in [0.1, 0.15) is 39.0 Å². The second-order valence-corrected chi connectivity index (χ2v) is 6.34. The van der Waals surface area contributed by atoms with Crippen molar-refractivity contribution in [2.45, 2.75) is 55.0 Å². The molecule has 0 bridgehead atoms. The molecule has 0 aromatic carbocycles. The second kappa shape index (κ2) is 6.71. The summed E-state index contributed by atoms with van der Waals surface area (Å²) in [5.74, 6) is -0.120. The van der Waals surface area contributed by atoms with E-state index in [0.29, 0.717) is 5.16 Å². The number of carbonyl (C=O) groups excluding carboxylic acids is 1. The van der Waals surface area contributed by atoms with Gasteiger partial charge < -0.3 is 5.32 Å². The van der Waals surface area contributed by atoms with Crippen LogP contribution in [0.15, 0.2) is 23.6 Å². The van der Waals surface area contributed by atoms with Crippen molar-refractivity contribution in [1.29, 1.82) is 5.26 Å². The molecule has 5 nitrogen and oxygen atoms in total. The van der Waals surface area contributed by atoms with Crippen molar-refractivity contribution in [2.75, 3.05) is 0 Å². The van der Waals surface area contributed by atoms with Crippen LogP contribution < -0.4 is 5.32 Å². The van der Waals surface area contributed by atoms with Crippen LogP contribution >= 0.6 is 11.8 Å². The summed E-state index contributed by atoms with van der Waals surface area (Å²) in [7, 11) is 0. The molecule has 1 atom stereocenters. The topological polar surface area (TPSA) is 78.7 Å². The van der Waals surface area contributed by atoms with E-state index in [1.807, 2.05) is 6.92 Å². The van der Waals surface area contributed by atoms with E-state index in [9.17, 15) is 10.1 Å². The Morgan fingerprint density at radius 1 is 1.40 bits per heavy atom. The molecule has 1 amide bonds. The first-order valence-corrected chi connectivity index (χ1v) is 7.70. The minimum absolute atomic E-state index is 0.120. The molecule has 1 aromatic heterocycles. The first kappa shape index (κ1) is 14.8. The van der Waals surface area contributed by atoms with Gasteiger partial charge in [-0.1, -0.05) is 31.0 Å². The number of rotatable bonds is 4. The summed E-state index contributed by atoms with van der Waals surface area (Å²) in [5.41, 5.74) is -0.679. The van der Waals surface area contributed by atoms with E-state index < -0.39 is 5.54 Å². The summed E-state index contributed by atoms with van der Waals surface area (Å²) in [6, 6.07) is 4.03. The summed E-state index contributed by atoms with van der Waals surface area (Å²) < 4.78 is 0. The first-order valence-electron chi connectivity index (χ1n) is 6.82. The van der Waals surface area contributed by atoms with Gasteiger partial charge in [-0.15, -0.1) is 0 Å². The van der Waals surface area contributed by atoms with Crippen molar-refractivity contribution in [3.8, 4) is 6.07 Å². The molecule has 0 unspecified atom stereocenters. The zero-order valence-corrected chi connectivity index (χ0v) is 12.3.